The maximum absolute atomic E-state index is 11.9. The number of amides is 1. The number of anilines is 1. The molecule has 0 bridgehead atoms. The number of aryl methyl sites for hydroxylation is 1. The molecule has 2 N–H and O–H groups in total. The topological polar surface area (TPSA) is 92.2 Å². The van der Waals surface area contributed by atoms with Gasteiger partial charge in [0.25, 0.3) is 0 Å². The molecule has 0 radical (unpaired) electrons. The molecule has 9 heteroatoms. The molecule has 0 spiro atoms. The Morgan fingerprint density at radius 1 is 1.41 bits per heavy atom. The number of carbonyl (C=O) groups is 2. The maximum atomic E-state index is 11.9. The third-order valence-electron chi connectivity index (χ3n) is 1.66. The van der Waals surface area contributed by atoms with Crippen LogP contribution < -0.4 is 5.32 Å². The Bertz CT molecular complexity index is 473. The zero-order valence-corrected chi connectivity index (χ0v) is 8.37. The van der Waals surface area contributed by atoms with Crippen LogP contribution in [0.4, 0.5) is 19.1 Å². The van der Waals surface area contributed by atoms with Crippen molar-refractivity contribution in [3.63, 3.8) is 0 Å². The summed E-state index contributed by atoms with van der Waals surface area (Å²) in [7, 11) is 0. The Labute approximate surface area is 92.5 Å². The highest BCUT2D eigenvalue weighted by atomic mass is 19.4. The smallest absolute Gasteiger partial charge is 0.471 e. The number of carboxylic acid groups (broad SMARTS) is 1. The van der Waals surface area contributed by atoms with Crippen LogP contribution in [0.25, 0.3) is 0 Å². The third kappa shape index (κ3) is 3.13. The lowest BCUT2D eigenvalue weighted by Crippen LogP contribution is -2.31. The summed E-state index contributed by atoms with van der Waals surface area (Å²) in [5, 5.41) is 10.0. The van der Waals surface area contributed by atoms with Gasteiger partial charge in [-0.1, -0.05) is 0 Å². The largest absolute Gasteiger partial charge is 0.476 e. The van der Waals surface area contributed by atoms with Crippen LogP contribution in [-0.2, 0) is 4.79 Å². The summed E-state index contributed by atoms with van der Waals surface area (Å²) >= 11 is 0. The van der Waals surface area contributed by atoms with Gasteiger partial charge < -0.3 is 5.11 Å². The first-order valence-corrected chi connectivity index (χ1v) is 4.17. The molecule has 17 heavy (non-hydrogen) atoms. The van der Waals surface area contributed by atoms with E-state index in [0.717, 1.165) is 6.20 Å². The Morgan fingerprint density at radius 3 is 2.47 bits per heavy atom. The molecule has 1 heterocycles. The number of carbonyl (C=O) groups excluding carboxylic acids is 1. The summed E-state index contributed by atoms with van der Waals surface area (Å²) < 4.78 is 35.7. The monoisotopic (exact) mass is 249 g/mol. The van der Waals surface area contributed by atoms with Crippen LogP contribution in [0.1, 0.15) is 16.1 Å². The molecule has 92 valence electrons. The zero-order valence-electron chi connectivity index (χ0n) is 8.37. The van der Waals surface area contributed by atoms with Crippen LogP contribution in [0.3, 0.4) is 0 Å². The molecule has 0 saturated carbocycles. The molecular formula is C8H6F3N3O3. The van der Waals surface area contributed by atoms with E-state index < -0.39 is 29.7 Å². The van der Waals surface area contributed by atoms with Crippen LogP contribution in [0, 0.1) is 6.92 Å². The number of nitrogens with one attached hydrogen (secondary N) is 1. The Kier molecular flexibility index (Phi) is 3.30. The quantitative estimate of drug-likeness (QED) is 0.815. The predicted octanol–water partition coefficient (Wildman–Crippen LogP) is 0.984. The molecule has 1 aromatic rings. The van der Waals surface area contributed by atoms with E-state index in [1.54, 1.807) is 0 Å². The highest BCUT2D eigenvalue weighted by molar-refractivity contribution is 5.94. The van der Waals surface area contributed by atoms with E-state index in [-0.39, 0.29) is 5.56 Å². The minimum absolute atomic E-state index is 0.169. The summed E-state index contributed by atoms with van der Waals surface area (Å²) in [6, 6.07) is 0. The summed E-state index contributed by atoms with van der Waals surface area (Å²) in [4.78, 5) is 27.8. The van der Waals surface area contributed by atoms with Gasteiger partial charge in [0.1, 0.15) is 0 Å². The lowest BCUT2D eigenvalue weighted by atomic mass is 10.2. The predicted molar refractivity (Wildman–Crippen MR) is 48.4 cm³/mol. The number of hydrogen-bond acceptors (Lipinski definition) is 4. The van der Waals surface area contributed by atoms with Crippen molar-refractivity contribution in [2.24, 2.45) is 0 Å². The molecule has 6 nitrogen and oxygen atoms in total. The van der Waals surface area contributed by atoms with Gasteiger partial charge >= 0.3 is 18.1 Å². The molecule has 1 aromatic heterocycles. The normalized spacial score (nSPS) is 11.1. The molecule has 0 atom stereocenters. The molecule has 1 rings (SSSR count). The van der Waals surface area contributed by atoms with Gasteiger partial charge in [0.05, 0.1) is 0 Å². The minimum Gasteiger partial charge on any atom is -0.476 e. The lowest BCUT2D eigenvalue weighted by molar-refractivity contribution is -0.167. The van der Waals surface area contributed by atoms with Gasteiger partial charge in [-0.15, -0.1) is 0 Å². The number of hydrogen-bond donors (Lipinski definition) is 2. The highest BCUT2D eigenvalue weighted by Crippen LogP contribution is 2.17. The van der Waals surface area contributed by atoms with Crippen molar-refractivity contribution in [3.8, 4) is 0 Å². The Morgan fingerprint density at radius 2 is 2.00 bits per heavy atom. The molecule has 0 aliphatic rings. The lowest BCUT2D eigenvalue weighted by Gasteiger charge is -2.07. The second-order valence-corrected chi connectivity index (χ2v) is 2.98. The fourth-order valence-corrected chi connectivity index (χ4v) is 0.891. The molecule has 1 amide bonds. The number of nitrogens with zero attached hydrogens (tertiary/aromatic N) is 2. The van der Waals surface area contributed by atoms with E-state index >= 15 is 0 Å². The molecule has 0 saturated heterocycles. The van der Waals surface area contributed by atoms with Gasteiger partial charge in [0.2, 0.25) is 5.95 Å². The van der Waals surface area contributed by atoms with Crippen molar-refractivity contribution in [2.45, 2.75) is 13.1 Å². The minimum atomic E-state index is -5.09. The van der Waals surface area contributed by atoms with E-state index in [1.165, 1.54) is 12.2 Å². The van der Waals surface area contributed by atoms with Gasteiger partial charge in [0, 0.05) is 11.8 Å². The van der Waals surface area contributed by atoms with Gasteiger partial charge in [-0.3, -0.25) is 10.1 Å². The van der Waals surface area contributed by atoms with Crippen molar-refractivity contribution >= 4 is 17.8 Å². The van der Waals surface area contributed by atoms with Crippen LogP contribution in [-0.4, -0.2) is 33.1 Å². The van der Waals surface area contributed by atoms with Crippen LogP contribution >= 0.6 is 0 Å². The maximum Gasteiger partial charge on any atom is 0.471 e. The van der Waals surface area contributed by atoms with E-state index in [2.05, 4.69) is 9.97 Å². The second-order valence-electron chi connectivity index (χ2n) is 2.98. The third-order valence-corrected chi connectivity index (χ3v) is 1.66. The number of aromatic nitrogens is 2. The first-order chi connectivity index (χ1) is 7.71. The first-order valence-electron chi connectivity index (χ1n) is 4.17. The van der Waals surface area contributed by atoms with E-state index in [0.29, 0.717) is 0 Å². The fourth-order valence-electron chi connectivity index (χ4n) is 0.891. The molecule has 0 aromatic carbocycles. The van der Waals surface area contributed by atoms with Crippen LogP contribution in [0.15, 0.2) is 6.20 Å². The number of rotatable bonds is 2. The van der Waals surface area contributed by atoms with E-state index in [1.807, 2.05) is 0 Å². The number of aromatic carboxylic acids is 1. The Balaban J connectivity index is 2.98. The number of alkyl halides is 3. The van der Waals surface area contributed by atoms with Gasteiger partial charge in [-0.05, 0) is 6.92 Å². The fraction of sp³-hybridized carbons (Fsp3) is 0.250. The summed E-state index contributed by atoms with van der Waals surface area (Å²) in [5.41, 5.74) is -0.306. The average Bonchev–Trinajstić information content (AvgIpc) is 2.19. The summed E-state index contributed by atoms with van der Waals surface area (Å²) in [6.07, 6.45) is -4.08. The molecule has 0 fully saturated rings. The van der Waals surface area contributed by atoms with Crippen molar-refractivity contribution in [2.75, 3.05) is 5.32 Å². The van der Waals surface area contributed by atoms with Crippen molar-refractivity contribution in [3.05, 3.63) is 17.5 Å². The first kappa shape index (κ1) is 12.9. The second kappa shape index (κ2) is 4.36. The number of halogens is 3. The Hall–Kier alpha value is -2.19. The van der Waals surface area contributed by atoms with Crippen LogP contribution in [0.2, 0.25) is 0 Å². The molecule has 0 unspecified atom stereocenters. The standard InChI is InChI=1S/C8H6F3N3O3/c1-3-2-12-7(13-4(3)5(15)16)14-6(17)8(9,10)11/h2H,1H3,(H,15,16)(H,12,13,14,17). The van der Waals surface area contributed by atoms with Crippen molar-refractivity contribution in [1.82, 2.24) is 9.97 Å². The number of carboxylic acids is 1. The van der Waals surface area contributed by atoms with E-state index in [9.17, 15) is 22.8 Å². The molecule has 0 aliphatic heterocycles. The highest BCUT2D eigenvalue weighted by Gasteiger charge is 2.39. The zero-order chi connectivity index (χ0) is 13.2. The van der Waals surface area contributed by atoms with Gasteiger partial charge in [-0.2, -0.15) is 13.2 Å². The summed E-state index contributed by atoms with van der Waals surface area (Å²) in [6.45, 7) is 1.37. The van der Waals surface area contributed by atoms with Gasteiger partial charge in [0.15, 0.2) is 5.69 Å². The van der Waals surface area contributed by atoms with Crippen molar-refractivity contribution in [1.29, 1.82) is 0 Å². The van der Waals surface area contributed by atoms with Crippen LogP contribution in [0.5, 0.6) is 0 Å². The summed E-state index contributed by atoms with van der Waals surface area (Å²) in [5.74, 6) is -4.40. The molecule has 0 aliphatic carbocycles. The SMILES string of the molecule is Cc1cnc(NC(=O)C(F)(F)F)nc1C(=O)O. The van der Waals surface area contributed by atoms with Crippen molar-refractivity contribution < 1.29 is 27.9 Å². The molecular weight excluding hydrogens is 243 g/mol. The average molecular weight is 249 g/mol. The van der Waals surface area contributed by atoms with Gasteiger partial charge in [-0.25, -0.2) is 14.8 Å². The van der Waals surface area contributed by atoms with E-state index in [4.69, 9.17) is 5.11 Å².